The molecule has 66 valence electrons. The molecule has 0 fully saturated rings. The van der Waals surface area contributed by atoms with Gasteiger partial charge in [-0.15, -0.1) is 11.3 Å². The summed E-state index contributed by atoms with van der Waals surface area (Å²) in [5, 5.41) is 3.46. The van der Waals surface area contributed by atoms with Crippen molar-refractivity contribution < 1.29 is 4.79 Å². The summed E-state index contributed by atoms with van der Waals surface area (Å²) in [6, 6.07) is 3.66. The molecule has 0 spiro atoms. The number of hydrogen-bond donors (Lipinski definition) is 0. The first kappa shape index (κ1) is 9.19. The monoisotopic (exact) mass is 274 g/mol. The van der Waals surface area contributed by atoms with E-state index in [1.807, 2.05) is 11.4 Å². The topological polar surface area (TPSA) is 17.1 Å². The van der Waals surface area contributed by atoms with Crippen LogP contribution in [0.1, 0.15) is 10.4 Å². The fraction of sp³-hybridized carbons (Fsp3) is 0. The van der Waals surface area contributed by atoms with Crippen LogP contribution in [0.25, 0.3) is 10.1 Å². The molecule has 0 amide bonds. The highest BCUT2D eigenvalue weighted by Crippen LogP contribution is 2.34. The summed E-state index contributed by atoms with van der Waals surface area (Å²) in [7, 11) is 0. The maximum absolute atomic E-state index is 10.7. The van der Waals surface area contributed by atoms with Crippen LogP contribution in [-0.2, 0) is 0 Å². The molecule has 0 aliphatic heterocycles. The van der Waals surface area contributed by atoms with Crippen LogP contribution in [0.5, 0.6) is 0 Å². The number of halogens is 2. The lowest BCUT2D eigenvalue weighted by atomic mass is 10.2. The van der Waals surface area contributed by atoms with Gasteiger partial charge in [0, 0.05) is 30.5 Å². The highest BCUT2D eigenvalue weighted by Gasteiger charge is 2.07. The van der Waals surface area contributed by atoms with E-state index in [1.54, 1.807) is 6.07 Å². The molecule has 4 heteroatoms. The number of benzene rings is 1. The first-order valence-corrected chi connectivity index (χ1v) is 5.59. The average molecular weight is 276 g/mol. The summed E-state index contributed by atoms with van der Waals surface area (Å²) in [5.74, 6) is 0. The highest BCUT2D eigenvalue weighted by atomic mass is 79.9. The van der Waals surface area contributed by atoms with Crippen LogP contribution >= 0.6 is 38.9 Å². The van der Waals surface area contributed by atoms with Crippen LogP contribution in [0.3, 0.4) is 0 Å². The molecule has 1 nitrogen and oxygen atoms in total. The van der Waals surface area contributed by atoms with E-state index in [4.69, 9.17) is 11.6 Å². The molecule has 0 saturated heterocycles. The van der Waals surface area contributed by atoms with Crippen molar-refractivity contribution in [2.75, 3.05) is 0 Å². The van der Waals surface area contributed by atoms with Crippen molar-refractivity contribution in [1.82, 2.24) is 0 Å². The maximum Gasteiger partial charge on any atom is 0.151 e. The van der Waals surface area contributed by atoms with Gasteiger partial charge < -0.3 is 0 Å². The number of fused-ring (bicyclic) bond motifs is 1. The SMILES string of the molecule is O=Cc1csc2cc(Cl)cc(Br)c12. The van der Waals surface area contributed by atoms with Gasteiger partial charge in [0.1, 0.15) is 0 Å². The molecule has 1 heterocycles. The van der Waals surface area contributed by atoms with E-state index in [2.05, 4.69) is 15.9 Å². The Morgan fingerprint density at radius 3 is 2.92 bits per heavy atom. The van der Waals surface area contributed by atoms with Crippen LogP contribution in [0.2, 0.25) is 5.02 Å². The van der Waals surface area contributed by atoms with Gasteiger partial charge in [0.05, 0.1) is 0 Å². The van der Waals surface area contributed by atoms with Crippen molar-refractivity contribution >= 4 is 55.2 Å². The minimum absolute atomic E-state index is 0.679. The minimum Gasteiger partial charge on any atom is -0.298 e. The Morgan fingerprint density at radius 2 is 2.23 bits per heavy atom. The van der Waals surface area contributed by atoms with Crippen molar-refractivity contribution in [1.29, 1.82) is 0 Å². The molecule has 1 aromatic carbocycles. The predicted molar refractivity (Wildman–Crippen MR) is 59.9 cm³/mol. The van der Waals surface area contributed by atoms with Crippen molar-refractivity contribution in [3.05, 3.63) is 32.6 Å². The number of thiophene rings is 1. The predicted octanol–water partition coefficient (Wildman–Crippen LogP) is 4.13. The third-order valence-corrected chi connectivity index (χ3v) is 3.54. The zero-order valence-electron chi connectivity index (χ0n) is 6.38. The lowest BCUT2D eigenvalue weighted by molar-refractivity contribution is 0.112. The van der Waals surface area contributed by atoms with Crippen molar-refractivity contribution in [3.8, 4) is 0 Å². The zero-order valence-corrected chi connectivity index (χ0v) is 9.54. The van der Waals surface area contributed by atoms with Gasteiger partial charge in [-0.1, -0.05) is 27.5 Å². The van der Waals surface area contributed by atoms with Gasteiger partial charge in [-0.2, -0.15) is 0 Å². The smallest absolute Gasteiger partial charge is 0.151 e. The minimum atomic E-state index is 0.679. The normalized spacial score (nSPS) is 10.6. The summed E-state index contributed by atoms with van der Waals surface area (Å²) < 4.78 is 1.90. The fourth-order valence-electron chi connectivity index (χ4n) is 1.20. The van der Waals surface area contributed by atoms with Gasteiger partial charge in [0.25, 0.3) is 0 Å². The Hall–Kier alpha value is -0.380. The fourth-order valence-corrected chi connectivity index (χ4v) is 3.40. The Balaban J connectivity index is 2.89. The molecule has 0 bridgehead atoms. The van der Waals surface area contributed by atoms with E-state index >= 15 is 0 Å². The maximum atomic E-state index is 10.7. The zero-order chi connectivity index (χ0) is 9.42. The number of rotatable bonds is 1. The first-order valence-electron chi connectivity index (χ1n) is 3.54. The number of aldehydes is 1. The number of hydrogen-bond acceptors (Lipinski definition) is 2. The summed E-state index contributed by atoms with van der Waals surface area (Å²) in [5.41, 5.74) is 0.712. The van der Waals surface area contributed by atoms with Crippen molar-refractivity contribution in [2.24, 2.45) is 0 Å². The molecule has 0 atom stereocenters. The highest BCUT2D eigenvalue weighted by molar-refractivity contribution is 9.10. The molecule has 0 N–H and O–H groups in total. The molecule has 1 aromatic heterocycles. The largest absolute Gasteiger partial charge is 0.298 e. The Labute approximate surface area is 92.5 Å². The van der Waals surface area contributed by atoms with Crippen LogP contribution < -0.4 is 0 Å². The summed E-state index contributed by atoms with van der Waals surface area (Å²) in [6.45, 7) is 0. The van der Waals surface area contributed by atoms with Gasteiger partial charge in [-0.05, 0) is 12.1 Å². The molecular formula is C9H4BrClOS. The molecule has 2 aromatic rings. The first-order chi connectivity index (χ1) is 6.22. The van der Waals surface area contributed by atoms with E-state index in [1.165, 1.54) is 11.3 Å². The third-order valence-electron chi connectivity index (χ3n) is 1.75. The second-order valence-electron chi connectivity index (χ2n) is 2.57. The van der Waals surface area contributed by atoms with Gasteiger partial charge >= 0.3 is 0 Å². The van der Waals surface area contributed by atoms with Crippen LogP contribution in [0, 0.1) is 0 Å². The Bertz CT molecular complexity index is 478. The molecule has 0 unspecified atom stereocenters. The summed E-state index contributed by atoms with van der Waals surface area (Å²) in [6.07, 6.45) is 0.859. The number of carbonyl (C=O) groups is 1. The summed E-state index contributed by atoms with van der Waals surface area (Å²) >= 11 is 10.8. The molecule has 0 radical (unpaired) electrons. The van der Waals surface area contributed by atoms with Crippen LogP contribution in [-0.4, -0.2) is 6.29 Å². The van der Waals surface area contributed by atoms with Gasteiger partial charge in [0.2, 0.25) is 0 Å². The van der Waals surface area contributed by atoms with Gasteiger partial charge in [-0.3, -0.25) is 4.79 Å². The van der Waals surface area contributed by atoms with Crippen molar-refractivity contribution in [3.63, 3.8) is 0 Å². The quantitative estimate of drug-likeness (QED) is 0.715. The van der Waals surface area contributed by atoms with Gasteiger partial charge in [-0.25, -0.2) is 0 Å². The van der Waals surface area contributed by atoms with Crippen LogP contribution in [0.4, 0.5) is 0 Å². The lowest BCUT2D eigenvalue weighted by Gasteiger charge is -1.96. The molecule has 13 heavy (non-hydrogen) atoms. The molecule has 2 rings (SSSR count). The van der Waals surface area contributed by atoms with Gasteiger partial charge in [0.15, 0.2) is 6.29 Å². The summed E-state index contributed by atoms with van der Waals surface area (Å²) in [4.78, 5) is 10.7. The van der Waals surface area contributed by atoms with E-state index < -0.39 is 0 Å². The lowest BCUT2D eigenvalue weighted by Crippen LogP contribution is -1.76. The van der Waals surface area contributed by atoms with Crippen molar-refractivity contribution in [2.45, 2.75) is 0 Å². The standard InChI is InChI=1S/C9H4BrClOS/c10-7-1-6(11)2-8-9(7)5(3-12)4-13-8/h1-4H. The third kappa shape index (κ3) is 1.52. The molecular weight excluding hydrogens is 272 g/mol. The van der Waals surface area contributed by atoms with E-state index in [-0.39, 0.29) is 0 Å². The average Bonchev–Trinajstić information content (AvgIpc) is 2.47. The second-order valence-corrected chi connectivity index (χ2v) is 4.77. The van der Waals surface area contributed by atoms with Crippen LogP contribution in [0.15, 0.2) is 22.0 Å². The molecule has 0 aliphatic rings. The Kier molecular flexibility index (Phi) is 2.41. The molecule has 0 aliphatic carbocycles. The van der Waals surface area contributed by atoms with E-state index in [0.717, 1.165) is 20.8 Å². The van der Waals surface area contributed by atoms with E-state index in [9.17, 15) is 4.79 Å². The second kappa shape index (κ2) is 3.40. The molecule has 0 saturated carbocycles. The van der Waals surface area contributed by atoms with E-state index in [0.29, 0.717) is 10.6 Å². The number of carbonyl (C=O) groups excluding carboxylic acids is 1. The Morgan fingerprint density at radius 1 is 1.46 bits per heavy atom.